The van der Waals surface area contributed by atoms with Crippen LogP contribution in [-0.4, -0.2) is 32.1 Å². The highest BCUT2D eigenvalue weighted by atomic mass is 16.7. The third-order valence-corrected chi connectivity index (χ3v) is 2.40. The Bertz CT molecular complexity index is 350. The first-order valence-electron chi connectivity index (χ1n) is 6.09. The number of hydrogen-bond donors (Lipinski definition) is 0. The van der Waals surface area contributed by atoms with Crippen molar-refractivity contribution >= 4 is 5.97 Å². The van der Waals surface area contributed by atoms with Crippen LogP contribution < -0.4 is 0 Å². The number of carbonyl (C=O) groups excluding carboxylic acids is 1. The molecule has 0 fully saturated rings. The van der Waals surface area contributed by atoms with Crippen LogP contribution in [-0.2, 0) is 14.2 Å². The quantitative estimate of drug-likeness (QED) is 0.553. The zero-order valence-corrected chi connectivity index (χ0v) is 11.1. The lowest BCUT2D eigenvalue weighted by Crippen LogP contribution is -2.33. The summed E-state index contributed by atoms with van der Waals surface area (Å²) < 4.78 is 15.9. The van der Waals surface area contributed by atoms with E-state index >= 15 is 0 Å². The highest BCUT2D eigenvalue weighted by Crippen LogP contribution is 2.09. The second-order valence-corrected chi connectivity index (χ2v) is 3.95. The van der Waals surface area contributed by atoms with Gasteiger partial charge in [-0.2, -0.15) is 0 Å². The van der Waals surface area contributed by atoms with Crippen LogP contribution in [0.4, 0.5) is 0 Å². The molecule has 100 valence electrons. The van der Waals surface area contributed by atoms with Gasteiger partial charge >= 0.3 is 5.97 Å². The van der Waals surface area contributed by atoms with Gasteiger partial charge in [-0.25, -0.2) is 4.79 Å². The van der Waals surface area contributed by atoms with Crippen molar-refractivity contribution in [3.8, 4) is 0 Å². The molecule has 18 heavy (non-hydrogen) atoms. The molecule has 4 nitrogen and oxygen atoms in total. The summed E-state index contributed by atoms with van der Waals surface area (Å²) in [4.78, 5) is 11.8. The van der Waals surface area contributed by atoms with Gasteiger partial charge in [0.05, 0.1) is 5.56 Å². The second-order valence-electron chi connectivity index (χ2n) is 3.95. The van der Waals surface area contributed by atoms with E-state index in [2.05, 4.69) is 0 Å². The summed E-state index contributed by atoms with van der Waals surface area (Å²) in [6, 6.07) is 8.86. The Morgan fingerprint density at radius 2 is 1.94 bits per heavy atom. The lowest BCUT2D eigenvalue weighted by molar-refractivity contribution is -0.175. The normalized spacial score (nSPS) is 13.9. The fraction of sp³-hybridized carbons (Fsp3) is 0.500. The molecule has 1 aromatic rings. The molecule has 0 aliphatic heterocycles. The first-order valence-corrected chi connectivity index (χ1v) is 6.09. The topological polar surface area (TPSA) is 44.8 Å². The molecule has 0 bridgehead atoms. The van der Waals surface area contributed by atoms with E-state index in [4.69, 9.17) is 14.2 Å². The summed E-state index contributed by atoms with van der Waals surface area (Å²) in [6.45, 7) is 4.34. The van der Waals surface area contributed by atoms with Gasteiger partial charge in [0, 0.05) is 13.7 Å². The molecular formula is C14H20O4. The van der Waals surface area contributed by atoms with Gasteiger partial charge in [-0.1, -0.05) is 25.1 Å². The maximum atomic E-state index is 11.8. The Balaban J connectivity index is 2.52. The standard InChI is InChI=1S/C14H20O4/c1-4-10-17-14(16-3)11(2)18-13(15)12-8-6-5-7-9-12/h5-9,11,14H,4,10H2,1-3H3. The fourth-order valence-corrected chi connectivity index (χ4v) is 1.50. The van der Waals surface area contributed by atoms with E-state index in [0.29, 0.717) is 12.2 Å². The van der Waals surface area contributed by atoms with E-state index in [1.54, 1.807) is 31.2 Å². The number of esters is 1. The minimum atomic E-state index is -0.530. The molecule has 2 unspecified atom stereocenters. The van der Waals surface area contributed by atoms with Crippen LogP contribution in [0.1, 0.15) is 30.6 Å². The summed E-state index contributed by atoms with van der Waals surface area (Å²) in [5.41, 5.74) is 0.523. The molecule has 1 aromatic carbocycles. The Morgan fingerprint density at radius 1 is 1.28 bits per heavy atom. The Hall–Kier alpha value is -1.39. The molecule has 0 amide bonds. The average molecular weight is 252 g/mol. The number of carbonyl (C=O) groups is 1. The van der Waals surface area contributed by atoms with E-state index in [1.165, 1.54) is 7.11 Å². The molecule has 0 N–H and O–H groups in total. The van der Waals surface area contributed by atoms with Gasteiger partial charge in [-0.3, -0.25) is 0 Å². The first-order chi connectivity index (χ1) is 8.69. The molecule has 4 heteroatoms. The van der Waals surface area contributed by atoms with E-state index < -0.39 is 12.4 Å². The molecule has 1 rings (SSSR count). The van der Waals surface area contributed by atoms with Crippen molar-refractivity contribution in [1.82, 2.24) is 0 Å². The minimum absolute atomic E-state index is 0.370. The van der Waals surface area contributed by atoms with Crippen LogP contribution in [0.5, 0.6) is 0 Å². The first kappa shape index (κ1) is 14.7. The van der Waals surface area contributed by atoms with Gasteiger partial charge in [0.1, 0.15) is 0 Å². The second kappa shape index (κ2) is 7.84. The van der Waals surface area contributed by atoms with Gasteiger partial charge in [-0.15, -0.1) is 0 Å². The largest absolute Gasteiger partial charge is 0.454 e. The van der Waals surface area contributed by atoms with Crippen molar-refractivity contribution in [2.45, 2.75) is 32.7 Å². The third-order valence-electron chi connectivity index (χ3n) is 2.40. The monoisotopic (exact) mass is 252 g/mol. The third kappa shape index (κ3) is 4.47. The Labute approximate surface area is 108 Å². The van der Waals surface area contributed by atoms with E-state index in [0.717, 1.165) is 6.42 Å². The van der Waals surface area contributed by atoms with Crippen molar-refractivity contribution in [2.24, 2.45) is 0 Å². The number of ether oxygens (including phenoxy) is 3. The molecule has 0 saturated heterocycles. The number of methoxy groups -OCH3 is 1. The molecule has 0 radical (unpaired) electrons. The molecule has 0 aromatic heterocycles. The Kier molecular flexibility index (Phi) is 6.39. The van der Waals surface area contributed by atoms with Crippen LogP contribution in [0.2, 0.25) is 0 Å². The zero-order valence-electron chi connectivity index (χ0n) is 11.1. The Morgan fingerprint density at radius 3 is 2.50 bits per heavy atom. The van der Waals surface area contributed by atoms with E-state index in [-0.39, 0.29) is 5.97 Å². The van der Waals surface area contributed by atoms with Gasteiger partial charge in [0.15, 0.2) is 12.4 Å². The lowest BCUT2D eigenvalue weighted by Gasteiger charge is -2.22. The van der Waals surface area contributed by atoms with E-state index in [1.807, 2.05) is 13.0 Å². The highest BCUT2D eigenvalue weighted by molar-refractivity contribution is 5.89. The van der Waals surface area contributed by atoms with Crippen LogP contribution in [0.15, 0.2) is 30.3 Å². The van der Waals surface area contributed by atoms with Crippen LogP contribution in [0, 0.1) is 0 Å². The molecule has 2 atom stereocenters. The molecule has 0 aliphatic carbocycles. The predicted molar refractivity (Wildman–Crippen MR) is 68.4 cm³/mol. The molecular weight excluding hydrogens is 232 g/mol. The number of benzene rings is 1. The SMILES string of the molecule is CCCOC(OC)C(C)OC(=O)c1ccccc1. The van der Waals surface area contributed by atoms with Gasteiger partial charge in [0.2, 0.25) is 0 Å². The van der Waals surface area contributed by atoms with Crippen LogP contribution in [0.3, 0.4) is 0 Å². The van der Waals surface area contributed by atoms with Crippen molar-refractivity contribution in [2.75, 3.05) is 13.7 Å². The predicted octanol–water partition coefficient (Wildman–Crippen LogP) is 2.63. The highest BCUT2D eigenvalue weighted by Gasteiger charge is 2.21. The fourth-order valence-electron chi connectivity index (χ4n) is 1.50. The number of rotatable bonds is 7. The molecule has 0 aliphatic rings. The van der Waals surface area contributed by atoms with E-state index in [9.17, 15) is 4.79 Å². The minimum Gasteiger partial charge on any atom is -0.454 e. The molecule has 0 saturated carbocycles. The van der Waals surface area contributed by atoms with Crippen LogP contribution in [0.25, 0.3) is 0 Å². The summed E-state index contributed by atoms with van der Waals surface area (Å²) in [7, 11) is 1.53. The van der Waals surface area contributed by atoms with Crippen molar-refractivity contribution < 1.29 is 19.0 Å². The summed E-state index contributed by atoms with van der Waals surface area (Å²) >= 11 is 0. The van der Waals surface area contributed by atoms with Gasteiger partial charge in [0.25, 0.3) is 0 Å². The molecule has 0 spiro atoms. The van der Waals surface area contributed by atoms with Crippen molar-refractivity contribution in [3.63, 3.8) is 0 Å². The summed E-state index contributed by atoms with van der Waals surface area (Å²) in [5.74, 6) is -0.370. The maximum Gasteiger partial charge on any atom is 0.338 e. The maximum absolute atomic E-state index is 11.8. The lowest BCUT2D eigenvalue weighted by atomic mass is 10.2. The smallest absolute Gasteiger partial charge is 0.338 e. The zero-order chi connectivity index (χ0) is 13.4. The van der Waals surface area contributed by atoms with Crippen molar-refractivity contribution in [1.29, 1.82) is 0 Å². The van der Waals surface area contributed by atoms with Crippen LogP contribution >= 0.6 is 0 Å². The number of hydrogen-bond acceptors (Lipinski definition) is 4. The van der Waals surface area contributed by atoms with Gasteiger partial charge in [-0.05, 0) is 25.5 Å². The average Bonchev–Trinajstić information content (AvgIpc) is 2.40. The van der Waals surface area contributed by atoms with Crippen molar-refractivity contribution in [3.05, 3.63) is 35.9 Å². The summed E-state index contributed by atoms with van der Waals surface area (Å²) in [5, 5.41) is 0. The molecule has 0 heterocycles. The van der Waals surface area contributed by atoms with Gasteiger partial charge < -0.3 is 14.2 Å². The summed E-state index contributed by atoms with van der Waals surface area (Å²) in [6.07, 6.45) is -0.0916.